The average Bonchev–Trinajstić information content (AvgIpc) is 3.74. The number of carbonyl (C=O) groups excluding carboxylic acids is 2. The van der Waals surface area contributed by atoms with Crippen LogP contribution in [0, 0.1) is 5.92 Å². The zero-order valence-corrected chi connectivity index (χ0v) is 22.4. The van der Waals surface area contributed by atoms with Crippen LogP contribution in [0.3, 0.4) is 0 Å². The highest BCUT2D eigenvalue weighted by Crippen LogP contribution is 2.41. The van der Waals surface area contributed by atoms with E-state index in [0.717, 1.165) is 55.6 Å². The average molecular weight is 526 g/mol. The van der Waals surface area contributed by atoms with E-state index in [4.69, 9.17) is 24.7 Å². The summed E-state index contributed by atoms with van der Waals surface area (Å²) in [7, 11) is 1.41. The van der Waals surface area contributed by atoms with Crippen LogP contribution in [0.2, 0.25) is 0 Å². The number of amides is 1. The Morgan fingerprint density at radius 1 is 1.05 bits per heavy atom. The van der Waals surface area contributed by atoms with Crippen molar-refractivity contribution in [2.45, 2.75) is 77.2 Å². The molecule has 3 N–H and O–H groups in total. The fourth-order valence-corrected chi connectivity index (χ4v) is 4.93. The van der Waals surface area contributed by atoms with E-state index in [1.54, 1.807) is 6.07 Å². The number of methoxy groups -OCH3 is 1. The van der Waals surface area contributed by atoms with Crippen molar-refractivity contribution < 1.29 is 33.6 Å². The van der Waals surface area contributed by atoms with Crippen LogP contribution in [-0.4, -0.2) is 43.4 Å². The maximum atomic E-state index is 11.7. The maximum Gasteiger partial charge on any atom is 0.305 e. The van der Waals surface area contributed by atoms with Gasteiger partial charge in [0, 0.05) is 24.0 Å². The molecule has 0 bridgehead atoms. The second-order valence-electron chi connectivity index (χ2n) is 10.2. The Bertz CT molecular complexity index is 1140. The minimum atomic E-state index is -0.647. The molecule has 1 unspecified atom stereocenters. The van der Waals surface area contributed by atoms with E-state index < -0.39 is 5.91 Å². The van der Waals surface area contributed by atoms with Gasteiger partial charge in [0.15, 0.2) is 0 Å². The molecule has 1 heterocycles. The summed E-state index contributed by atoms with van der Waals surface area (Å²) >= 11 is 0. The number of benzene rings is 2. The lowest BCUT2D eigenvalue weighted by molar-refractivity contribution is -0.141. The van der Waals surface area contributed by atoms with Crippen LogP contribution in [-0.2, 0) is 28.8 Å². The van der Waals surface area contributed by atoms with Crippen molar-refractivity contribution in [3.63, 3.8) is 0 Å². The third kappa shape index (κ3) is 6.91. The Kier molecular flexibility index (Phi) is 9.37. The number of phenols is 1. The van der Waals surface area contributed by atoms with Crippen LogP contribution < -0.4 is 19.9 Å². The lowest BCUT2D eigenvalue weighted by Gasteiger charge is -2.29. The van der Waals surface area contributed by atoms with Crippen molar-refractivity contribution >= 4 is 11.9 Å². The number of esters is 1. The van der Waals surface area contributed by atoms with Gasteiger partial charge in [0.25, 0.3) is 5.91 Å². The number of hydrogen-bond acceptors (Lipinski definition) is 7. The van der Waals surface area contributed by atoms with Gasteiger partial charge in [-0.15, -0.1) is 0 Å². The Balaban J connectivity index is 1.35. The summed E-state index contributed by atoms with van der Waals surface area (Å²) in [4.78, 5) is 23.2. The first-order valence-corrected chi connectivity index (χ1v) is 13.7. The standard InChI is InChI=1S/C30H39NO7/c1-3-5-22-25(13-9-20-8-10-21(38-29(20)22)11-15-27(32)35-2)36-16-4-17-37-26-14-12-23(30(31)34)28(33)24(26)18-19-6-7-19/h9,12-14,19,21,33H,3-8,10-11,15-18H2,1-2H3,(H2,31,34). The van der Waals surface area contributed by atoms with Crippen molar-refractivity contribution in [2.24, 2.45) is 11.7 Å². The quantitative estimate of drug-likeness (QED) is 0.266. The molecular formula is C30H39NO7. The number of carbonyl (C=O) groups is 2. The summed E-state index contributed by atoms with van der Waals surface area (Å²) in [5.41, 5.74) is 8.45. The minimum Gasteiger partial charge on any atom is -0.507 e. The van der Waals surface area contributed by atoms with Crippen LogP contribution in [0.4, 0.5) is 0 Å². The topological polar surface area (TPSA) is 117 Å². The van der Waals surface area contributed by atoms with Crippen molar-refractivity contribution in [1.82, 2.24) is 0 Å². The van der Waals surface area contributed by atoms with Gasteiger partial charge in [-0.2, -0.15) is 0 Å². The van der Waals surface area contributed by atoms with E-state index in [1.807, 2.05) is 6.07 Å². The number of rotatable bonds is 14. The van der Waals surface area contributed by atoms with Gasteiger partial charge in [-0.3, -0.25) is 9.59 Å². The largest absolute Gasteiger partial charge is 0.507 e. The van der Waals surface area contributed by atoms with Gasteiger partial charge >= 0.3 is 5.97 Å². The fourth-order valence-electron chi connectivity index (χ4n) is 4.93. The van der Waals surface area contributed by atoms with Crippen LogP contribution in [0.15, 0.2) is 24.3 Å². The number of aromatic hydroxyl groups is 1. The third-order valence-corrected chi connectivity index (χ3v) is 7.22. The third-order valence-electron chi connectivity index (χ3n) is 7.22. The van der Waals surface area contributed by atoms with Crippen LogP contribution in [0.5, 0.6) is 23.0 Å². The van der Waals surface area contributed by atoms with E-state index in [0.29, 0.717) is 56.1 Å². The first-order chi connectivity index (χ1) is 18.4. The number of aryl methyl sites for hydroxylation is 1. The van der Waals surface area contributed by atoms with Crippen molar-refractivity contribution in [3.8, 4) is 23.0 Å². The Labute approximate surface area is 224 Å². The molecule has 38 heavy (non-hydrogen) atoms. The van der Waals surface area contributed by atoms with Gasteiger partial charge in [-0.05, 0) is 74.6 Å². The molecule has 1 amide bonds. The lowest BCUT2D eigenvalue weighted by Crippen LogP contribution is -2.25. The molecule has 1 atom stereocenters. The maximum absolute atomic E-state index is 11.7. The van der Waals surface area contributed by atoms with Crippen LogP contribution in [0.25, 0.3) is 0 Å². The molecule has 0 aromatic heterocycles. The van der Waals surface area contributed by atoms with E-state index in [2.05, 4.69) is 13.0 Å². The molecule has 2 aromatic rings. The predicted molar refractivity (Wildman–Crippen MR) is 143 cm³/mol. The molecule has 1 aliphatic heterocycles. The summed E-state index contributed by atoms with van der Waals surface area (Å²) in [5.74, 6) is 1.89. The predicted octanol–water partition coefficient (Wildman–Crippen LogP) is 4.89. The SMILES string of the molecule is CCCc1c(OCCCOc2ccc(C(N)=O)c(O)c2CC2CC2)ccc2c1OC(CCC(=O)OC)CC2. The van der Waals surface area contributed by atoms with E-state index in [1.165, 1.54) is 18.7 Å². The molecule has 2 aromatic carbocycles. The smallest absolute Gasteiger partial charge is 0.305 e. The van der Waals surface area contributed by atoms with Crippen molar-refractivity contribution in [1.29, 1.82) is 0 Å². The van der Waals surface area contributed by atoms with Gasteiger partial charge in [0.1, 0.15) is 23.0 Å². The van der Waals surface area contributed by atoms with Crippen molar-refractivity contribution in [2.75, 3.05) is 20.3 Å². The molecule has 0 saturated heterocycles. The molecule has 0 radical (unpaired) electrons. The monoisotopic (exact) mass is 525 g/mol. The highest BCUT2D eigenvalue weighted by Gasteiger charge is 2.27. The Hall–Kier alpha value is -3.42. The number of fused-ring (bicyclic) bond motifs is 1. The second kappa shape index (κ2) is 12.9. The highest BCUT2D eigenvalue weighted by atomic mass is 16.5. The summed E-state index contributed by atoms with van der Waals surface area (Å²) in [5, 5.41) is 10.6. The summed E-state index contributed by atoms with van der Waals surface area (Å²) in [6, 6.07) is 7.33. The van der Waals surface area contributed by atoms with E-state index in [9.17, 15) is 14.7 Å². The van der Waals surface area contributed by atoms with Gasteiger partial charge in [0.2, 0.25) is 0 Å². The fraction of sp³-hybridized carbons (Fsp3) is 0.533. The highest BCUT2D eigenvalue weighted by molar-refractivity contribution is 5.96. The molecule has 1 saturated carbocycles. The summed E-state index contributed by atoms with van der Waals surface area (Å²) < 4.78 is 23.3. The molecule has 8 nitrogen and oxygen atoms in total. The Morgan fingerprint density at radius 3 is 2.42 bits per heavy atom. The summed E-state index contributed by atoms with van der Waals surface area (Å²) in [6.45, 7) is 3.00. The van der Waals surface area contributed by atoms with Gasteiger partial charge < -0.3 is 29.8 Å². The van der Waals surface area contributed by atoms with Gasteiger partial charge in [0.05, 0.1) is 32.0 Å². The van der Waals surface area contributed by atoms with Crippen LogP contribution >= 0.6 is 0 Å². The lowest BCUT2D eigenvalue weighted by atomic mass is 9.95. The first kappa shape index (κ1) is 27.6. The minimum absolute atomic E-state index is 0.0111. The zero-order valence-electron chi connectivity index (χ0n) is 22.4. The molecule has 2 aliphatic rings. The molecule has 206 valence electrons. The molecule has 1 aliphatic carbocycles. The molecule has 4 rings (SSSR count). The van der Waals surface area contributed by atoms with Gasteiger partial charge in [-0.1, -0.05) is 19.4 Å². The molecule has 1 fully saturated rings. The van der Waals surface area contributed by atoms with E-state index in [-0.39, 0.29) is 23.4 Å². The number of primary amides is 1. The van der Waals surface area contributed by atoms with Crippen molar-refractivity contribution in [3.05, 3.63) is 46.5 Å². The molecule has 8 heteroatoms. The summed E-state index contributed by atoms with van der Waals surface area (Å²) in [6.07, 6.45) is 8.12. The zero-order chi connectivity index (χ0) is 27.1. The normalized spacial score (nSPS) is 16.3. The second-order valence-corrected chi connectivity index (χ2v) is 10.2. The molecule has 0 spiro atoms. The van der Waals surface area contributed by atoms with E-state index >= 15 is 0 Å². The Morgan fingerprint density at radius 2 is 1.76 bits per heavy atom. The van der Waals surface area contributed by atoms with Gasteiger partial charge in [-0.25, -0.2) is 0 Å². The number of hydrogen-bond donors (Lipinski definition) is 2. The number of ether oxygens (including phenoxy) is 4. The molecular weight excluding hydrogens is 486 g/mol. The first-order valence-electron chi connectivity index (χ1n) is 13.7. The van der Waals surface area contributed by atoms with Crippen LogP contribution in [0.1, 0.15) is 78.9 Å². The number of nitrogens with two attached hydrogens (primary N) is 1.